The molecule has 0 saturated heterocycles. The van der Waals surface area contributed by atoms with Gasteiger partial charge >= 0.3 is 0 Å². The van der Waals surface area contributed by atoms with Crippen LogP contribution >= 0.6 is 0 Å². The van der Waals surface area contributed by atoms with Gasteiger partial charge in [-0.1, -0.05) is 26.0 Å². The van der Waals surface area contributed by atoms with Gasteiger partial charge in [-0.05, 0) is 37.5 Å². The molecule has 20 heavy (non-hydrogen) atoms. The number of amides is 1. The van der Waals surface area contributed by atoms with Crippen molar-refractivity contribution >= 4 is 5.91 Å². The van der Waals surface area contributed by atoms with Crippen molar-refractivity contribution < 1.29 is 14.6 Å². The van der Waals surface area contributed by atoms with Crippen molar-refractivity contribution in [3.8, 4) is 5.75 Å². The van der Waals surface area contributed by atoms with Gasteiger partial charge in [0.25, 0.3) is 5.91 Å². The van der Waals surface area contributed by atoms with Crippen molar-refractivity contribution in [3.63, 3.8) is 0 Å². The van der Waals surface area contributed by atoms with E-state index in [0.29, 0.717) is 11.7 Å². The third kappa shape index (κ3) is 5.21. The van der Waals surface area contributed by atoms with Crippen LogP contribution in [0.2, 0.25) is 0 Å². The van der Waals surface area contributed by atoms with Crippen LogP contribution in [0.5, 0.6) is 5.75 Å². The van der Waals surface area contributed by atoms with Crippen molar-refractivity contribution in [2.45, 2.75) is 40.3 Å². The Morgan fingerprint density at radius 2 is 1.80 bits per heavy atom. The molecule has 1 aromatic rings. The Bertz CT molecular complexity index is 412. The summed E-state index contributed by atoms with van der Waals surface area (Å²) in [5.41, 5.74) is 0.826. The van der Waals surface area contributed by atoms with Crippen LogP contribution in [-0.2, 0) is 11.4 Å². The van der Waals surface area contributed by atoms with E-state index >= 15 is 0 Å². The molecular formula is C16H25NO3. The van der Waals surface area contributed by atoms with Crippen LogP contribution in [0.1, 0.15) is 33.3 Å². The summed E-state index contributed by atoms with van der Waals surface area (Å²) in [5, 5.41) is 8.96. The van der Waals surface area contributed by atoms with E-state index in [-0.39, 0.29) is 25.2 Å². The minimum absolute atomic E-state index is 0.0000604. The van der Waals surface area contributed by atoms with Gasteiger partial charge in [0.05, 0.1) is 6.61 Å². The van der Waals surface area contributed by atoms with Crippen molar-refractivity contribution in [3.05, 3.63) is 29.8 Å². The van der Waals surface area contributed by atoms with E-state index in [0.717, 1.165) is 12.1 Å². The third-order valence-electron chi connectivity index (χ3n) is 2.97. The molecule has 4 nitrogen and oxygen atoms in total. The van der Waals surface area contributed by atoms with Gasteiger partial charge in [0, 0.05) is 12.6 Å². The van der Waals surface area contributed by atoms with Crippen LogP contribution in [0.4, 0.5) is 0 Å². The number of benzene rings is 1. The van der Waals surface area contributed by atoms with Crippen molar-refractivity contribution in [1.82, 2.24) is 4.90 Å². The number of aliphatic hydroxyl groups excluding tert-OH is 1. The van der Waals surface area contributed by atoms with Gasteiger partial charge in [0.1, 0.15) is 5.75 Å². The fourth-order valence-corrected chi connectivity index (χ4v) is 1.91. The van der Waals surface area contributed by atoms with Crippen molar-refractivity contribution in [2.75, 3.05) is 13.2 Å². The first kappa shape index (κ1) is 16.5. The lowest BCUT2D eigenvalue weighted by atomic mass is 10.2. The predicted molar refractivity (Wildman–Crippen MR) is 79.5 cm³/mol. The van der Waals surface area contributed by atoms with E-state index in [9.17, 15) is 4.79 Å². The summed E-state index contributed by atoms with van der Waals surface area (Å²) < 4.78 is 5.51. The second-order valence-electron chi connectivity index (χ2n) is 5.62. The molecule has 0 aromatic heterocycles. The van der Waals surface area contributed by atoms with E-state index in [1.807, 2.05) is 18.7 Å². The molecule has 0 saturated carbocycles. The number of rotatable bonds is 7. The Balaban J connectivity index is 2.55. The van der Waals surface area contributed by atoms with E-state index in [4.69, 9.17) is 9.84 Å². The molecule has 0 aliphatic rings. The van der Waals surface area contributed by atoms with Crippen LogP contribution < -0.4 is 4.74 Å². The SMILES string of the molecule is CC(C)CN(C(=O)COc1ccc(CO)cc1)C(C)C. The Morgan fingerprint density at radius 1 is 1.20 bits per heavy atom. The van der Waals surface area contributed by atoms with Crippen molar-refractivity contribution in [2.24, 2.45) is 5.92 Å². The molecule has 1 aromatic carbocycles. The van der Waals surface area contributed by atoms with E-state index in [1.54, 1.807) is 24.3 Å². The van der Waals surface area contributed by atoms with E-state index in [1.165, 1.54) is 0 Å². The van der Waals surface area contributed by atoms with E-state index < -0.39 is 0 Å². The molecule has 0 unspecified atom stereocenters. The zero-order valence-electron chi connectivity index (χ0n) is 12.8. The number of carbonyl (C=O) groups is 1. The number of hydrogen-bond acceptors (Lipinski definition) is 3. The summed E-state index contributed by atoms with van der Waals surface area (Å²) in [6, 6.07) is 7.27. The number of ether oxygens (including phenoxy) is 1. The Hall–Kier alpha value is -1.55. The van der Waals surface area contributed by atoms with Gasteiger partial charge < -0.3 is 14.7 Å². The lowest BCUT2D eigenvalue weighted by molar-refractivity contribution is -0.135. The Kier molecular flexibility index (Phi) is 6.52. The molecule has 112 valence electrons. The minimum Gasteiger partial charge on any atom is -0.484 e. The second-order valence-corrected chi connectivity index (χ2v) is 5.62. The molecule has 0 aliphatic carbocycles. The summed E-state index contributed by atoms with van der Waals surface area (Å²) in [5.74, 6) is 1.08. The zero-order valence-corrected chi connectivity index (χ0v) is 12.8. The average Bonchev–Trinajstić information content (AvgIpc) is 2.42. The van der Waals surface area contributed by atoms with E-state index in [2.05, 4.69) is 13.8 Å². The second kappa shape index (κ2) is 7.90. The fourth-order valence-electron chi connectivity index (χ4n) is 1.91. The normalized spacial score (nSPS) is 10.9. The van der Waals surface area contributed by atoms with Crippen LogP contribution in [-0.4, -0.2) is 35.1 Å². The lowest BCUT2D eigenvalue weighted by Gasteiger charge is -2.28. The third-order valence-corrected chi connectivity index (χ3v) is 2.97. The quantitative estimate of drug-likeness (QED) is 0.834. The standard InChI is InChI=1S/C16H25NO3/c1-12(2)9-17(13(3)4)16(19)11-20-15-7-5-14(10-18)6-8-15/h5-8,12-13,18H,9-11H2,1-4H3. The van der Waals surface area contributed by atoms with Gasteiger partial charge in [-0.15, -0.1) is 0 Å². The number of nitrogens with zero attached hydrogens (tertiary/aromatic N) is 1. The molecular weight excluding hydrogens is 254 g/mol. The summed E-state index contributed by atoms with van der Waals surface area (Å²) in [4.78, 5) is 14.0. The molecule has 0 fully saturated rings. The van der Waals surface area contributed by atoms with Gasteiger partial charge in [-0.3, -0.25) is 4.79 Å². The molecule has 0 radical (unpaired) electrons. The van der Waals surface area contributed by atoms with Gasteiger partial charge in [-0.25, -0.2) is 0 Å². The summed E-state index contributed by atoms with van der Waals surface area (Å²) >= 11 is 0. The maximum absolute atomic E-state index is 12.2. The molecule has 1 amide bonds. The summed E-state index contributed by atoms with van der Waals surface area (Å²) in [6.45, 7) is 9.00. The first-order valence-electron chi connectivity index (χ1n) is 7.06. The highest BCUT2D eigenvalue weighted by molar-refractivity contribution is 5.78. The highest BCUT2D eigenvalue weighted by Crippen LogP contribution is 2.13. The molecule has 1 rings (SSSR count). The molecule has 0 bridgehead atoms. The van der Waals surface area contributed by atoms with Crippen LogP contribution in [0, 0.1) is 5.92 Å². The maximum atomic E-state index is 12.2. The van der Waals surface area contributed by atoms with Crippen molar-refractivity contribution in [1.29, 1.82) is 0 Å². The Labute approximate surface area is 121 Å². The van der Waals surface area contributed by atoms with Crippen LogP contribution in [0.15, 0.2) is 24.3 Å². The smallest absolute Gasteiger partial charge is 0.260 e. The number of carbonyl (C=O) groups excluding carboxylic acids is 1. The monoisotopic (exact) mass is 279 g/mol. The van der Waals surface area contributed by atoms with Gasteiger partial charge in [-0.2, -0.15) is 0 Å². The summed E-state index contributed by atoms with van der Waals surface area (Å²) in [6.07, 6.45) is 0. The molecule has 0 spiro atoms. The number of hydrogen-bond donors (Lipinski definition) is 1. The molecule has 1 N–H and O–H groups in total. The molecule has 0 aliphatic heterocycles. The number of aliphatic hydroxyl groups is 1. The minimum atomic E-state index is -0.0000604. The lowest BCUT2D eigenvalue weighted by Crippen LogP contribution is -2.42. The molecule has 0 heterocycles. The topological polar surface area (TPSA) is 49.8 Å². The first-order chi connectivity index (χ1) is 9.43. The predicted octanol–water partition coefficient (Wildman–Crippen LogP) is 2.45. The average molecular weight is 279 g/mol. The highest BCUT2D eigenvalue weighted by atomic mass is 16.5. The molecule has 4 heteroatoms. The Morgan fingerprint density at radius 3 is 2.25 bits per heavy atom. The van der Waals surface area contributed by atoms with Crippen LogP contribution in [0.25, 0.3) is 0 Å². The molecule has 0 atom stereocenters. The largest absolute Gasteiger partial charge is 0.484 e. The van der Waals surface area contributed by atoms with Gasteiger partial charge in [0.2, 0.25) is 0 Å². The summed E-state index contributed by atoms with van der Waals surface area (Å²) in [7, 11) is 0. The maximum Gasteiger partial charge on any atom is 0.260 e. The first-order valence-corrected chi connectivity index (χ1v) is 7.06. The zero-order chi connectivity index (χ0) is 15.1. The van der Waals surface area contributed by atoms with Crippen LogP contribution in [0.3, 0.4) is 0 Å². The fraction of sp³-hybridized carbons (Fsp3) is 0.562. The highest BCUT2D eigenvalue weighted by Gasteiger charge is 2.18. The van der Waals surface area contributed by atoms with Gasteiger partial charge in [0.15, 0.2) is 6.61 Å².